The van der Waals surface area contributed by atoms with Crippen molar-refractivity contribution in [3.8, 4) is 0 Å². The Morgan fingerprint density at radius 1 is 1.47 bits per heavy atom. The molecule has 0 spiro atoms. The maximum atomic E-state index is 11.7. The van der Waals surface area contributed by atoms with Crippen molar-refractivity contribution in [3.63, 3.8) is 0 Å². The topological polar surface area (TPSA) is 74.2 Å². The van der Waals surface area contributed by atoms with Crippen molar-refractivity contribution in [3.05, 3.63) is 24.0 Å². The molecule has 1 aromatic rings. The quantitative estimate of drug-likeness (QED) is 0.753. The van der Waals surface area contributed by atoms with E-state index in [0.29, 0.717) is 18.8 Å². The lowest BCUT2D eigenvalue weighted by molar-refractivity contribution is 0.0615. The Labute approximate surface area is 113 Å². The molecule has 0 atom stereocenters. The Morgan fingerprint density at radius 3 is 2.89 bits per heavy atom. The van der Waals surface area contributed by atoms with E-state index in [1.165, 1.54) is 0 Å². The lowest BCUT2D eigenvalue weighted by Gasteiger charge is -2.23. The van der Waals surface area contributed by atoms with Gasteiger partial charge in [-0.2, -0.15) is 0 Å². The fraction of sp³-hybridized carbons (Fsp3) is 0.571. The highest BCUT2D eigenvalue weighted by Gasteiger charge is 2.30. The highest BCUT2D eigenvalue weighted by atomic mass is 16.3. The van der Waals surface area contributed by atoms with Gasteiger partial charge in [0.05, 0.1) is 5.60 Å². The second-order valence-electron chi connectivity index (χ2n) is 5.07. The molecule has 1 fully saturated rings. The van der Waals surface area contributed by atoms with Gasteiger partial charge in [-0.25, -0.2) is 0 Å². The number of carbonyl (C=O) groups excluding carboxylic acids is 1. The monoisotopic (exact) mass is 263 g/mol. The summed E-state index contributed by atoms with van der Waals surface area (Å²) < 4.78 is 0. The Balaban J connectivity index is 1.97. The van der Waals surface area contributed by atoms with E-state index in [1.54, 1.807) is 18.3 Å². The smallest absolute Gasteiger partial charge is 0.269 e. The SMILES string of the molecule is CCNC(=O)c1cc(NCC2(O)CCCC2)ccn1. The predicted octanol–water partition coefficient (Wildman–Crippen LogP) is 1.55. The van der Waals surface area contributed by atoms with E-state index in [1.807, 2.05) is 6.92 Å². The van der Waals surface area contributed by atoms with E-state index >= 15 is 0 Å². The number of carbonyl (C=O) groups is 1. The van der Waals surface area contributed by atoms with Gasteiger partial charge in [0.15, 0.2) is 0 Å². The van der Waals surface area contributed by atoms with Crippen LogP contribution in [0.3, 0.4) is 0 Å². The van der Waals surface area contributed by atoms with E-state index in [2.05, 4.69) is 15.6 Å². The molecule has 104 valence electrons. The molecule has 1 heterocycles. The summed E-state index contributed by atoms with van der Waals surface area (Å²) in [6, 6.07) is 3.52. The zero-order chi connectivity index (χ0) is 13.7. The lowest BCUT2D eigenvalue weighted by Crippen LogP contribution is -2.33. The van der Waals surface area contributed by atoms with Gasteiger partial charge < -0.3 is 15.7 Å². The van der Waals surface area contributed by atoms with Gasteiger partial charge in [0.1, 0.15) is 5.69 Å². The van der Waals surface area contributed by atoms with Crippen LogP contribution in [0.4, 0.5) is 5.69 Å². The molecule has 3 N–H and O–H groups in total. The van der Waals surface area contributed by atoms with Crippen LogP contribution in [0.25, 0.3) is 0 Å². The van der Waals surface area contributed by atoms with Crippen molar-refractivity contribution in [2.24, 2.45) is 0 Å². The van der Waals surface area contributed by atoms with Crippen LogP contribution >= 0.6 is 0 Å². The summed E-state index contributed by atoms with van der Waals surface area (Å²) in [4.78, 5) is 15.7. The van der Waals surface area contributed by atoms with Crippen LogP contribution in [0, 0.1) is 0 Å². The largest absolute Gasteiger partial charge is 0.388 e. The summed E-state index contributed by atoms with van der Waals surface area (Å²) in [6.45, 7) is 2.97. The van der Waals surface area contributed by atoms with E-state index < -0.39 is 5.60 Å². The molecular weight excluding hydrogens is 242 g/mol. The molecular formula is C14H21N3O2. The predicted molar refractivity (Wildman–Crippen MR) is 74.2 cm³/mol. The maximum absolute atomic E-state index is 11.7. The average Bonchev–Trinajstić information content (AvgIpc) is 2.85. The van der Waals surface area contributed by atoms with Crippen molar-refractivity contribution in [1.82, 2.24) is 10.3 Å². The number of nitrogens with zero attached hydrogens (tertiary/aromatic N) is 1. The third-order valence-electron chi connectivity index (χ3n) is 3.49. The summed E-state index contributed by atoms with van der Waals surface area (Å²) in [6.07, 6.45) is 5.45. The molecule has 2 rings (SSSR count). The van der Waals surface area contributed by atoms with Crippen LogP contribution in [-0.2, 0) is 0 Å². The van der Waals surface area contributed by atoms with Crippen LogP contribution in [0.2, 0.25) is 0 Å². The zero-order valence-electron chi connectivity index (χ0n) is 11.3. The van der Waals surface area contributed by atoms with Gasteiger partial charge in [-0.3, -0.25) is 9.78 Å². The summed E-state index contributed by atoms with van der Waals surface area (Å²) >= 11 is 0. The molecule has 5 nitrogen and oxygen atoms in total. The fourth-order valence-corrected chi connectivity index (χ4v) is 2.39. The Kier molecular flexibility index (Phi) is 4.37. The molecule has 0 saturated heterocycles. The lowest BCUT2D eigenvalue weighted by atomic mass is 10.0. The summed E-state index contributed by atoms with van der Waals surface area (Å²) in [7, 11) is 0. The molecule has 5 heteroatoms. The van der Waals surface area contributed by atoms with Gasteiger partial charge in [0, 0.05) is 25.0 Å². The molecule has 1 aliphatic rings. The Bertz CT molecular complexity index is 442. The van der Waals surface area contributed by atoms with E-state index in [4.69, 9.17) is 0 Å². The number of nitrogens with one attached hydrogen (secondary N) is 2. The maximum Gasteiger partial charge on any atom is 0.269 e. The minimum absolute atomic E-state index is 0.175. The first-order chi connectivity index (χ1) is 9.13. The molecule has 1 amide bonds. The minimum atomic E-state index is -0.602. The molecule has 1 saturated carbocycles. The van der Waals surface area contributed by atoms with Crippen LogP contribution in [0.5, 0.6) is 0 Å². The van der Waals surface area contributed by atoms with E-state index in [-0.39, 0.29) is 5.91 Å². The van der Waals surface area contributed by atoms with E-state index in [0.717, 1.165) is 31.4 Å². The van der Waals surface area contributed by atoms with Gasteiger partial charge in [-0.05, 0) is 31.9 Å². The molecule has 0 bridgehead atoms. The van der Waals surface area contributed by atoms with Gasteiger partial charge in [-0.15, -0.1) is 0 Å². The normalized spacial score (nSPS) is 17.2. The van der Waals surface area contributed by atoms with Gasteiger partial charge >= 0.3 is 0 Å². The number of amides is 1. The standard InChI is InChI=1S/C14H21N3O2/c1-2-15-13(18)12-9-11(5-8-16-12)17-10-14(19)6-3-4-7-14/h5,8-9,19H,2-4,6-7,10H2,1H3,(H,15,18)(H,16,17). The van der Waals surface area contributed by atoms with Crippen LogP contribution < -0.4 is 10.6 Å². The number of anilines is 1. The van der Waals surface area contributed by atoms with Crippen LogP contribution in [0.15, 0.2) is 18.3 Å². The highest BCUT2D eigenvalue weighted by Crippen LogP contribution is 2.29. The first-order valence-electron chi connectivity index (χ1n) is 6.83. The second kappa shape index (κ2) is 6.02. The number of aromatic nitrogens is 1. The summed E-state index contributed by atoms with van der Waals surface area (Å²) in [5, 5.41) is 16.2. The zero-order valence-corrected chi connectivity index (χ0v) is 11.3. The van der Waals surface area contributed by atoms with Gasteiger partial charge in [-0.1, -0.05) is 12.8 Å². The number of aliphatic hydroxyl groups is 1. The summed E-state index contributed by atoms with van der Waals surface area (Å²) in [5.74, 6) is -0.175. The first kappa shape index (κ1) is 13.8. The second-order valence-corrected chi connectivity index (χ2v) is 5.07. The average molecular weight is 263 g/mol. The number of rotatable bonds is 5. The third-order valence-corrected chi connectivity index (χ3v) is 3.49. The molecule has 1 aromatic heterocycles. The van der Waals surface area contributed by atoms with Gasteiger partial charge in [0.2, 0.25) is 0 Å². The van der Waals surface area contributed by atoms with E-state index in [9.17, 15) is 9.90 Å². The third kappa shape index (κ3) is 3.67. The Morgan fingerprint density at radius 2 is 2.21 bits per heavy atom. The van der Waals surface area contributed by atoms with Gasteiger partial charge in [0.25, 0.3) is 5.91 Å². The van der Waals surface area contributed by atoms with Crippen LogP contribution in [-0.4, -0.2) is 34.7 Å². The molecule has 19 heavy (non-hydrogen) atoms. The highest BCUT2D eigenvalue weighted by molar-refractivity contribution is 5.93. The number of hydrogen-bond acceptors (Lipinski definition) is 4. The number of hydrogen-bond donors (Lipinski definition) is 3. The molecule has 1 aliphatic carbocycles. The summed E-state index contributed by atoms with van der Waals surface area (Å²) in [5.41, 5.74) is 0.608. The molecule has 0 radical (unpaired) electrons. The van der Waals surface area contributed by atoms with Crippen molar-refractivity contribution in [2.75, 3.05) is 18.4 Å². The number of pyridine rings is 1. The first-order valence-corrected chi connectivity index (χ1v) is 6.83. The Hall–Kier alpha value is -1.62. The van der Waals surface area contributed by atoms with Crippen molar-refractivity contribution >= 4 is 11.6 Å². The fourth-order valence-electron chi connectivity index (χ4n) is 2.39. The molecule has 0 unspecified atom stereocenters. The van der Waals surface area contributed by atoms with Crippen molar-refractivity contribution in [1.29, 1.82) is 0 Å². The minimum Gasteiger partial charge on any atom is -0.388 e. The van der Waals surface area contributed by atoms with Crippen LogP contribution in [0.1, 0.15) is 43.1 Å². The molecule has 0 aromatic carbocycles. The molecule has 0 aliphatic heterocycles. The van der Waals surface area contributed by atoms with Crippen molar-refractivity contribution < 1.29 is 9.90 Å². The van der Waals surface area contributed by atoms with Crippen molar-refractivity contribution in [2.45, 2.75) is 38.2 Å².